The third-order valence-corrected chi connectivity index (χ3v) is 1.37. The van der Waals surface area contributed by atoms with Crippen molar-refractivity contribution in [2.75, 3.05) is 0 Å². The molecule has 3 nitrogen and oxygen atoms in total. The lowest BCUT2D eigenvalue weighted by Crippen LogP contribution is -2.15. The van der Waals surface area contributed by atoms with Gasteiger partial charge in [0.2, 0.25) is 0 Å². The molecule has 0 saturated heterocycles. The molecule has 0 aliphatic heterocycles. The average molecular weight is 135 g/mol. The van der Waals surface area contributed by atoms with Crippen LogP contribution in [0.15, 0.2) is 12.4 Å². The van der Waals surface area contributed by atoms with E-state index in [1.165, 1.54) is 0 Å². The molecule has 0 radical (unpaired) electrons. The summed E-state index contributed by atoms with van der Waals surface area (Å²) in [5.41, 5.74) is -0.497. The minimum atomic E-state index is -0.497. The molecule has 0 aliphatic carbocycles. The van der Waals surface area contributed by atoms with Gasteiger partial charge in [0, 0.05) is 12.4 Å². The van der Waals surface area contributed by atoms with E-state index in [-0.39, 0.29) is 0 Å². The fourth-order valence-electron chi connectivity index (χ4n) is 0.660. The predicted octanol–water partition coefficient (Wildman–Crippen LogP) is 1.21. The summed E-state index contributed by atoms with van der Waals surface area (Å²) in [5, 5.41) is 8.66. The van der Waals surface area contributed by atoms with Crippen LogP contribution >= 0.6 is 0 Å². The van der Waals surface area contributed by atoms with Crippen LogP contribution in [0.5, 0.6) is 0 Å². The molecule has 0 saturated carbocycles. The predicted molar refractivity (Wildman–Crippen MR) is 37.2 cm³/mol. The van der Waals surface area contributed by atoms with Crippen LogP contribution in [0.3, 0.4) is 0 Å². The van der Waals surface area contributed by atoms with E-state index < -0.39 is 5.41 Å². The molecule has 0 bridgehead atoms. The molecule has 0 aromatic carbocycles. The lowest BCUT2D eigenvalue weighted by atomic mass is 9.95. The van der Waals surface area contributed by atoms with E-state index in [2.05, 4.69) is 16.0 Å². The molecule has 1 heterocycles. The Morgan fingerprint density at radius 1 is 1.70 bits per heavy atom. The van der Waals surface area contributed by atoms with Gasteiger partial charge in [0.1, 0.15) is 11.2 Å². The van der Waals surface area contributed by atoms with E-state index in [1.54, 1.807) is 12.4 Å². The molecule has 3 heteroatoms. The Hall–Kier alpha value is -1.30. The zero-order valence-corrected chi connectivity index (χ0v) is 6.05. The van der Waals surface area contributed by atoms with Gasteiger partial charge < -0.3 is 4.98 Å². The summed E-state index contributed by atoms with van der Waals surface area (Å²) in [5.74, 6) is 0.718. The maximum absolute atomic E-state index is 8.66. The summed E-state index contributed by atoms with van der Waals surface area (Å²) >= 11 is 0. The average Bonchev–Trinajstić information content (AvgIpc) is 2.38. The zero-order chi connectivity index (χ0) is 7.61. The highest BCUT2D eigenvalue weighted by atomic mass is 14.9. The molecule has 1 N–H and O–H groups in total. The third-order valence-electron chi connectivity index (χ3n) is 1.37. The molecule has 0 fully saturated rings. The second-order valence-electron chi connectivity index (χ2n) is 2.67. The first-order valence-corrected chi connectivity index (χ1v) is 3.08. The van der Waals surface area contributed by atoms with Crippen molar-refractivity contribution in [3.63, 3.8) is 0 Å². The first-order valence-electron chi connectivity index (χ1n) is 3.08. The number of nitrogens with one attached hydrogen (secondary N) is 1. The highest BCUT2D eigenvalue weighted by molar-refractivity contribution is 5.15. The maximum atomic E-state index is 8.66. The van der Waals surface area contributed by atoms with E-state index in [0.717, 1.165) is 5.82 Å². The number of H-pyrrole nitrogens is 1. The summed E-state index contributed by atoms with van der Waals surface area (Å²) in [6.07, 6.45) is 3.36. The topological polar surface area (TPSA) is 52.5 Å². The Labute approximate surface area is 59.7 Å². The van der Waals surface area contributed by atoms with Crippen LogP contribution in [0, 0.1) is 11.3 Å². The second-order valence-corrected chi connectivity index (χ2v) is 2.67. The van der Waals surface area contributed by atoms with Crippen molar-refractivity contribution in [1.29, 1.82) is 5.26 Å². The third kappa shape index (κ3) is 1.01. The van der Waals surface area contributed by atoms with Crippen molar-refractivity contribution in [1.82, 2.24) is 9.97 Å². The Bertz CT molecular complexity index is 240. The van der Waals surface area contributed by atoms with Gasteiger partial charge >= 0.3 is 0 Å². The molecular weight excluding hydrogens is 126 g/mol. The van der Waals surface area contributed by atoms with Crippen molar-refractivity contribution >= 4 is 0 Å². The summed E-state index contributed by atoms with van der Waals surface area (Å²) in [4.78, 5) is 6.88. The number of nitrogens with zero attached hydrogens (tertiary/aromatic N) is 2. The summed E-state index contributed by atoms with van der Waals surface area (Å²) in [6, 6.07) is 2.15. The molecular formula is C7H9N3. The van der Waals surface area contributed by atoms with Crippen molar-refractivity contribution in [2.24, 2.45) is 0 Å². The van der Waals surface area contributed by atoms with Crippen molar-refractivity contribution in [2.45, 2.75) is 19.3 Å². The van der Waals surface area contributed by atoms with Crippen molar-refractivity contribution < 1.29 is 0 Å². The van der Waals surface area contributed by atoms with Crippen LogP contribution in [0.4, 0.5) is 0 Å². The van der Waals surface area contributed by atoms with Gasteiger partial charge in [-0.3, -0.25) is 0 Å². The van der Waals surface area contributed by atoms with Crippen LogP contribution in [-0.2, 0) is 5.41 Å². The Morgan fingerprint density at radius 3 is 2.80 bits per heavy atom. The van der Waals surface area contributed by atoms with Gasteiger partial charge in [-0.2, -0.15) is 5.26 Å². The molecule has 0 amide bonds. The second kappa shape index (κ2) is 2.14. The van der Waals surface area contributed by atoms with E-state index in [0.29, 0.717) is 0 Å². The first-order chi connectivity index (χ1) is 4.67. The zero-order valence-electron chi connectivity index (χ0n) is 6.05. The number of aromatic amines is 1. The largest absolute Gasteiger partial charge is 0.347 e. The van der Waals surface area contributed by atoms with Crippen LogP contribution in [0.2, 0.25) is 0 Å². The number of rotatable bonds is 1. The maximum Gasteiger partial charge on any atom is 0.125 e. The van der Waals surface area contributed by atoms with Crippen LogP contribution in [-0.4, -0.2) is 9.97 Å². The van der Waals surface area contributed by atoms with Crippen LogP contribution in [0.25, 0.3) is 0 Å². The monoisotopic (exact) mass is 135 g/mol. The van der Waals surface area contributed by atoms with Crippen LogP contribution < -0.4 is 0 Å². The first kappa shape index (κ1) is 6.81. The van der Waals surface area contributed by atoms with E-state index >= 15 is 0 Å². The van der Waals surface area contributed by atoms with Gasteiger partial charge in [-0.25, -0.2) is 4.98 Å². The summed E-state index contributed by atoms with van der Waals surface area (Å²) in [6.45, 7) is 3.65. The Balaban J connectivity index is 2.99. The van der Waals surface area contributed by atoms with Gasteiger partial charge in [-0.1, -0.05) is 0 Å². The van der Waals surface area contributed by atoms with Crippen molar-refractivity contribution in [3.05, 3.63) is 18.2 Å². The minimum absolute atomic E-state index is 0.497. The standard InChI is InChI=1S/C7H9N3/c1-7(2,5-8)6-9-3-4-10-6/h3-4H,1-2H3,(H,9,10). The number of aromatic nitrogens is 2. The number of hydrogen-bond acceptors (Lipinski definition) is 2. The minimum Gasteiger partial charge on any atom is -0.347 e. The van der Waals surface area contributed by atoms with Gasteiger partial charge in [0.25, 0.3) is 0 Å². The lowest BCUT2D eigenvalue weighted by molar-refractivity contribution is 0.639. The number of hydrogen-bond donors (Lipinski definition) is 1. The fraction of sp³-hybridized carbons (Fsp3) is 0.429. The number of nitriles is 1. The molecule has 0 atom stereocenters. The van der Waals surface area contributed by atoms with Crippen molar-refractivity contribution in [3.8, 4) is 6.07 Å². The quantitative estimate of drug-likeness (QED) is 0.629. The molecule has 0 spiro atoms. The molecule has 1 aromatic rings. The SMILES string of the molecule is CC(C)(C#N)c1ncc[nH]1. The molecule has 1 aromatic heterocycles. The molecule has 52 valence electrons. The normalized spacial score (nSPS) is 10.9. The molecule has 10 heavy (non-hydrogen) atoms. The smallest absolute Gasteiger partial charge is 0.125 e. The summed E-state index contributed by atoms with van der Waals surface area (Å²) in [7, 11) is 0. The molecule has 0 unspecified atom stereocenters. The van der Waals surface area contributed by atoms with Gasteiger partial charge in [-0.15, -0.1) is 0 Å². The Kier molecular flexibility index (Phi) is 1.46. The van der Waals surface area contributed by atoms with Gasteiger partial charge in [-0.05, 0) is 13.8 Å². The number of imidazole rings is 1. The molecule has 1 rings (SSSR count). The fourth-order valence-corrected chi connectivity index (χ4v) is 0.660. The highest BCUT2D eigenvalue weighted by Crippen LogP contribution is 2.16. The molecule has 0 aliphatic rings. The van der Waals surface area contributed by atoms with E-state index in [9.17, 15) is 0 Å². The highest BCUT2D eigenvalue weighted by Gasteiger charge is 2.21. The van der Waals surface area contributed by atoms with Gasteiger partial charge in [0.05, 0.1) is 6.07 Å². The van der Waals surface area contributed by atoms with Gasteiger partial charge in [0.15, 0.2) is 0 Å². The van der Waals surface area contributed by atoms with E-state index in [4.69, 9.17) is 5.26 Å². The summed E-state index contributed by atoms with van der Waals surface area (Å²) < 4.78 is 0. The lowest BCUT2D eigenvalue weighted by Gasteiger charge is -2.09. The van der Waals surface area contributed by atoms with Crippen LogP contribution in [0.1, 0.15) is 19.7 Å². The van der Waals surface area contributed by atoms with E-state index in [1.807, 2.05) is 13.8 Å². The Morgan fingerprint density at radius 2 is 2.40 bits per heavy atom.